The van der Waals surface area contributed by atoms with E-state index in [-0.39, 0.29) is 0 Å². The third kappa shape index (κ3) is 2.58. The summed E-state index contributed by atoms with van der Waals surface area (Å²) in [6.07, 6.45) is 6.57. The van der Waals surface area contributed by atoms with Gasteiger partial charge in [-0.15, -0.1) is 0 Å². The third-order valence-corrected chi connectivity index (χ3v) is 3.90. The van der Waals surface area contributed by atoms with Crippen LogP contribution in [-0.2, 0) is 6.42 Å². The van der Waals surface area contributed by atoms with E-state index in [2.05, 4.69) is 43.4 Å². The van der Waals surface area contributed by atoms with Crippen molar-refractivity contribution >= 4 is 5.69 Å². The maximum absolute atomic E-state index is 3.69. The van der Waals surface area contributed by atoms with Crippen molar-refractivity contribution in [2.75, 3.05) is 5.32 Å². The summed E-state index contributed by atoms with van der Waals surface area (Å²) in [5.41, 5.74) is 2.71. The van der Waals surface area contributed by atoms with Gasteiger partial charge in [0, 0.05) is 11.7 Å². The second kappa shape index (κ2) is 5.38. The average Bonchev–Trinajstić information content (AvgIpc) is 2.77. The van der Waals surface area contributed by atoms with E-state index in [0.717, 1.165) is 12.3 Å². The van der Waals surface area contributed by atoms with Crippen molar-refractivity contribution < 1.29 is 0 Å². The molecule has 1 aliphatic rings. The minimum atomic E-state index is 0.706. The van der Waals surface area contributed by atoms with E-state index < -0.39 is 0 Å². The molecule has 1 aromatic carbocycles. The quantitative estimate of drug-likeness (QED) is 0.795. The molecule has 0 heterocycles. The molecular weight excluding hydrogens is 194 g/mol. The standard InChI is InChI=1S/C15H23N/c1-3-12-8-10-14(11-9-12)16-15-7-5-6-13(15)4-2/h8-11,13,15-16H,3-7H2,1-2H3. The minimum Gasteiger partial charge on any atom is -0.382 e. The fraction of sp³-hybridized carbons (Fsp3) is 0.600. The van der Waals surface area contributed by atoms with Crippen molar-refractivity contribution in [3.63, 3.8) is 0 Å². The van der Waals surface area contributed by atoms with Gasteiger partial charge in [-0.2, -0.15) is 0 Å². The maximum Gasteiger partial charge on any atom is 0.0342 e. The molecule has 0 radical (unpaired) electrons. The van der Waals surface area contributed by atoms with E-state index in [9.17, 15) is 0 Å². The van der Waals surface area contributed by atoms with Crippen molar-refractivity contribution in [1.82, 2.24) is 0 Å². The summed E-state index contributed by atoms with van der Waals surface area (Å²) < 4.78 is 0. The number of benzene rings is 1. The predicted octanol–water partition coefficient (Wildman–Crippen LogP) is 4.24. The molecule has 0 aromatic heterocycles. The zero-order chi connectivity index (χ0) is 11.4. The molecule has 1 aliphatic carbocycles. The highest BCUT2D eigenvalue weighted by molar-refractivity contribution is 5.45. The molecule has 2 rings (SSSR count). The van der Waals surface area contributed by atoms with Crippen LogP contribution in [0.1, 0.15) is 45.1 Å². The van der Waals surface area contributed by atoms with Gasteiger partial charge in [-0.3, -0.25) is 0 Å². The fourth-order valence-electron chi connectivity index (χ4n) is 2.77. The summed E-state index contributed by atoms with van der Waals surface area (Å²) in [6, 6.07) is 9.63. The molecule has 0 amide bonds. The van der Waals surface area contributed by atoms with Crippen LogP contribution in [0.15, 0.2) is 24.3 Å². The van der Waals surface area contributed by atoms with E-state index >= 15 is 0 Å². The Morgan fingerprint density at radius 1 is 1.12 bits per heavy atom. The summed E-state index contributed by atoms with van der Waals surface area (Å²) in [7, 11) is 0. The van der Waals surface area contributed by atoms with E-state index in [1.807, 2.05) is 0 Å². The Bertz CT molecular complexity index is 315. The monoisotopic (exact) mass is 217 g/mol. The molecule has 2 atom stereocenters. The molecule has 0 spiro atoms. The largest absolute Gasteiger partial charge is 0.382 e. The Kier molecular flexibility index (Phi) is 3.87. The molecule has 1 nitrogen and oxygen atoms in total. The molecule has 1 fully saturated rings. The van der Waals surface area contributed by atoms with Crippen molar-refractivity contribution in [3.8, 4) is 0 Å². The predicted molar refractivity (Wildman–Crippen MR) is 70.9 cm³/mol. The second-order valence-electron chi connectivity index (χ2n) is 4.90. The Morgan fingerprint density at radius 3 is 2.50 bits per heavy atom. The van der Waals surface area contributed by atoms with Crippen molar-refractivity contribution in [2.45, 2.75) is 52.0 Å². The van der Waals surface area contributed by atoms with Crippen molar-refractivity contribution in [1.29, 1.82) is 0 Å². The normalized spacial score (nSPS) is 24.6. The zero-order valence-electron chi connectivity index (χ0n) is 10.5. The van der Waals surface area contributed by atoms with Gasteiger partial charge in [0.25, 0.3) is 0 Å². The van der Waals surface area contributed by atoms with Crippen LogP contribution in [0.25, 0.3) is 0 Å². The minimum absolute atomic E-state index is 0.706. The topological polar surface area (TPSA) is 12.0 Å². The summed E-state index contributed by atoms with van der Waals surface area (Å²) >= 11 is 0. The Balaban J connectivity index is 1.97. The van der Waals surface area contributed by atoms with Gasteiger partial charge in [-0.05, 0) is 42.9 Å². The SMILES string of the molecule is CCc1ccc(NC2CCCC2CC)cc1. The molecule has 0 bridgehead atoms. The van der Waals surface area contributed by atoms with Gasteiger partial charge >= 0.3 is 0 Å². The number of rotatable bonds is 4. The highest BCUT2D eigenvalue weighted by Crippen LogP contribution is 2.30. The summed E-state index contributed by atoms with van der Waals surface area (Å²) in [6.45, 7) is 4.51. The molecule has 1 saturated carbocycles. The fourth-order valence-corrected chi connectivity index (χ4v) is 2.77. The molecule has 1 heteroatoms. The van der Waals surface area contributed by atoms with Crippen molar-refractivity contribution in [3.05, 3.63) is 29.8 Å². The van der Waals surface area contributed by atoms with E-state index in [1.165, 1.54) is 36.9 Å². The zero-order valence-corrected chi connectivity index (χ0v) is 10.5. The first kappa shape index (κ1) is 11.5. The van der Waals surface area contributed by atoms with Crippen LogP contribution in [0.2, 0.25) is 0 Å². The van der Waals surface area contributed by atoms with Gasteiger partial charge in [0.2, 0.25) is 0 Å². The number of nitrogens with one attached hydrogen (secondary N) is 1. The van der Waals surface area contributed by atoms with Gasteiger partial charge in [0.1, 0.15) is 0 Å². The molecule has 0 saturated heterocycles. The van der Waals surface area contributed by atoms with Gasteiger partial charge < -0.3 is 5.32 Å². The Hall–Kier alpha value is -0.980. The lowest BCUT2D eigenvalue weighted by atomic mass is 10.0. The molecule has 2 unspecified atom stereocenters. The summed E-state index contributed by atoms with van der Waals surface area (Å²) in [5.74, 6) is 0.880. The van der Waals surface area contributed by atoms with Gasteiger partial charge in [-0.1, -0.05) is 38.8 Å². The average molecular weight is 217 g/mol. The van der Waals surface area contributed by atoms with Crippen LogP contribution in [-0.4, -0.2) is 6.04 Å². The lowest BCUT2D eigenvalue weighted by molar-refractivity contribution is 0.489. The van der Waals surface area contributed by atoms with E-state index in [1.54, 1.807) is 0 Å². The van der Waals surface area contributed by atoms with E-state index in [0.29, 0.717) is 6.04 Å². The highest BCUT2D eigenvalue weighted by Gasteiger charge is 2.25. The third-order valence-electron chi connectivity index (χ3n) is 3.90. The van der Waals surface area contributed by atoms with Crippen LogP contribution in [0, 0.1) is 5.92 Å². The summed E-state index contributed by atoms with van der Waals surface area (Å²) in [4.78, 5) is 0. The number of hydrogen-bond donors (Lipinski definition) is 1. The highest BCUT2D eigenvalue weighted by atomic mass is 14.9. The molecule has 1 N–H and O–H groups in total. The molecule has 1 aromatic rings. The van der Waals surface area contributed by atoms with Gasteiger partial charge in [0.05, 0.1) is 0 Å². The molecule has 0 aliphatic heterocycles. The van der Waals surface area contributed by atoms with Crippen molar-refractivity contribution in [2.24, 2.45) is 5.92 Å². The first-order valence-electron chi connectivity index (χ1n) is 6.69. The second-order valence-corrected chi connectivity index (χ2v) is 4.90. The van der Waals surface area contributed by atoms with Crippen LogP contribution >= 0.6 is 0 Å². The first-order chi connectivity index (χ1) is 7.83. The number of hydrogen-bond acceptors (Lipinski definition) is 1. The smallest absolute Gasteiger partial charge is 0.0342 e. The summed E-state index contributed by atoms with van der Waals surface area (Å²) in [5, 5.41) is 3.69. The molecule has 16 heavy (non-hydrogen) atoms. The maximum atomic E-state index is 3.69. The first-order valence-corrected chi connectivity index (χ1v) is 6.69. The van der Waals surface area contributed by atoms with E-state index in [4.69, 9.17) is 0 Å². The number of aryl methyl sites for hydroxylation is 1. The van der Waals surface area contributed by atoms with Gasteiger partial charge in [0.15, 0.2) is 0 Å². The molecule has 88 valence electrons. The van der Waals surface area contributed by atoms with Crippen LogP contribution in [0.3, 0.4) is 0 Å². The van der Waals surface area contributed by atoms with Crippen LogP contribution in [0.4, 0.5) is 5.69 Å². The van der Waals surface area contributed by atoms with Crippen LogP contribution in [0.5, 0.6) is 0 Å². The molecular formula is C15H23N. The number of anilines is 1. The lowest BCUT2D eigenvalue weighted by Crippen LogP contribution is -2.23. The Morgan fingerprint density at radius 2 is 1.88 bits per heavy atom. The lowest BCUT2D eigenvalue weighted by Gasteiger charge is -2.21. The van der Waals surface area contributed by atoms with Gasteiger partial charge in [-0.25, -0.2) is 0 Å². The van der Waals surface area contributed by atoms with Crippen LogP contribution < -0.4 is 5.32 Å². The Labute approximate surface area is 99.3 Å².